The average molecular weight is 509 g/mol. The summed E-state index contributed by atoms with van der Waals surface area (Å²) in [5, 5.41) is 0. The first-order chi connectivity index (χ1) is 17.4. The molecule has 0 bridgehead atoms. The summed E-state index contributed by atoms with van der Waals surface area (Å²) in [6, 6.07) is 23.1. The van der Waals surface area contributed by atoms with E-state index in [1.807, 2.05) is 11.8 Å². The molecule has 1 unspecified atom stereocenters. The fourth-order valence-corrected chi connectivity index (χ4v) is 6.01. The second kappa shape index (κ2) is 9.13. The number of aromatic nitrogens is 2. The van der Waals surface area contributed by atoms with Crippen LogP contribution in [-0.2, 0) is 0 Å². The quantitative estimate of drug-likeness (QED) is 0.315. The van der Waals surface area contributed by atoms with Crippen molar-refractivity contribution < 1.29 is 17.9 Å². The largest absolute Gasteiger partial charge is 0.573 e. The van der Waals surface area contributed by atoms with Gasteiger partial charge in [-0.25, -0.2) is 4.98 Å². The minimum atomic E-state index is -4.71. The van der Waals surface area contributed by atoms with Gasteiger partial charge in [0, 0.05) is 34.6 Å². The Morgan fingerprint density at radius 3 is 2.25 bits per heavy atom. The van der Waals surface area contributed by atoms with Crippen LogP contribution < -0.4 is 14.5 Å². The molecule has 1 fully saturated rings. The van der Waals surface area contributed by atoms with E-state index in [0.717, 1.165) is 37.4 Å². The Balaban J connectivity index is 1.23. The number of rotatable bonds is 4. The third-order valence-corrected chi connectivity index (χ3v) is 7.61. The molecule has 1 N–H and O–H groups in total. The summed E-state index contributed by atoms with van der Waals surface area (Å²) < 4.78 is 41.3. The van der Waals surface area contributed by atoms with Gasteiger partial charge in [0.25, 0.3) is 0 Å². The molecule has 4 aromatic rings. The highest BCUT2D eigenvalue weighted by molar-refractivity contribution is 7.99. The lowest BCUT2D eigenvalue weighted by Crippen LogP contribution is -2.47. The average Bonchev–Trinajstić information content (AvgIpc) is 3.37. The van der Waals surface area contributed by atoms with E-state index < -0.39 is 6.36 Å². The van der Waals surface area contributed by atoms with Crippen molar-refractivity contribution in [1.82, 2.24) is 9.97 Å². The number of piperidine rings is 1. The number of benzene rings is 3. The van der Waals surface area contributed by atoms with Crippen molar-refractivity contribution >= 4 is 29.1 Å². The van der Waals surface area contributed by atoms with E-state index in [2.05, 4.69) is 68.1 Å². The van der Waals surface area contributed by atoms with Crippen LogP contribution in [0, 0.1) is 0 Å². The molecule has 0 radical (unpaired) electrons. The van der Waals surface area contributed by atoms with Gasteiger partial charge in [0.15, 0.2) is 0 Å². The summed E-state index contributed by atoms with van der Waals surface area (Å²) in [4.78, 5) is 15.3. The van der Waals surface area contributed by atoms with Crippen molar-refractivity contribution in [2.24, 2.45) is 0 Å². The van der Waals surface area contributed by atoms with Crippen molar-refractivity contribution in [3.05, 3.63) is 79.0 Å². The Labute approximate surface area is 210 Å². The third kappa shape index (κ3) is 4.51. The molecule has 1 aromatic heterocycles. The van der Waals surface area contributed by atoms with E-state index >= 15 is 0 Å². The van der Waals surface area contributed by atoms with Gasteiger partial charge in [-0.05, 0) is 61.4 Å². The monoisotopic (exact) mass is 508 g/mol. The van der Waals surface area contributed by atoms with Gasteiger partial charge in [-0.15, -0.1) is 13.2 Å². The zero-order valence-corrected chi connectivity index (χ0v) is 20.0. The summed E-state index contributed by atoms with van der Waals surface area (Å²) in [7, 11) is 0. The number of aromatic amines is 1. The van der Waals surface area contributed by atoms with E-state index in [4.69, 9.17) is 4.98 Å². The number of anilines is 3. The molecular formula is C27H23F3N4OS. The van der Waals surface area contributed by atoms with E-state index in [9.17, 15) is 13.2 Å². The van der Waals surface area contributed by atoms with Crippen molar-refractivity contribution in [3.8, 4) is 17.0 Å². The zero-order valence-electron chi connectivity index (χ0n) is 19.2. The van der Waals surface area contributed by atoms with Crippen molar-refractivity contribution in [1.29, 1.82) is 0 Å². The topological polar surface area (TPSA) is 44.4 Å². The lowest BCUT2D eigenvalue weighted by Gasteiger charge is -2.43. The minimum absolute atomic E-state index is 0.249. The second-order valence-corrected chi connectivity index (χ2v) is 9.91. The van der Waals surface area contributed by atoms with Gasteiger partial charge in [0.2, 0.25) is 5.95 Å². The van der Waals surface area contributed by atoms with Gasteiger partial charge in [0.1, 0.15) is 5.75 Å². The molecule has 184 valence electrons. The number of alkyl halides is 3. The molecule has 36 heavy (non-hydrogen) atoms. The molecule has 0 saturated carbocycles. The van der Waals surface area contributed by atoms with Crippen LogP contribution in [0.2, 0.25) is 0 Å². The first-order valence-corrected chi connectivity index (χ1v) is 12.6. The SMILES string of the molecule is FC(F)(F)Oc1ccc(-c2c[nH]c(N3CCCC(N4c5ccccc5Sc5ccccc54)C3)n2)cc1. The van der Waals surface area contributed by atoms with Crippen LogP contribution in [0.25, 0.3) is 11.3 Å². The first-order valence-electron chi connectivity index (χ1n) is 11.8. The smallest absolute Gasteiger partial charge is 0.406 e. The number of H-pyrrole nitrogens is 1. The summed E-state index contributed by atoms with van der Waals surface area (Å²) in [5.41, 5.74) is 3.86. The fraction of sp³-hybridized carbons (Fsp3) is 0.222. The highest BCUT2D eigenvalue weighted by atomic mass is 32.2. The third-order valence-electron chi connectivity index (χ3n) is 6.48. The van der Waals surface area contributed by atoms with Crippen LogP contribution in [0.1, 0.15) is 12.8 Å². The number of fused-ring (bicyclic) bond motifs is 2. The predicted molar refractivity (Wildman–Crippen MR) is 135 cm³/mol. The standard InChI is InChI=1S/C27H23F3N4OS/c28-27(29,30)35-20-13-11-18(12-14-20)21-16-31-26(32-21)33-15-5-6-19(17-33)34-22-7-1-3-9-24(22)36-25-10-4-2-8-23(25)34/h1-4,7-14,16,19H,5-6,15,17H2,(H,31,32). The van der Waals surface area contributed by atoms with Crippen LogP contribution in [-0.4, -0.2) is 35.5 Å². The molecular weight excluding hydrogens is 485 g/mol. The Hall–Kier alpha value is -3.59. The molecule has 1 atom stereocenters. The van der Waals surface area contributed by atoms with Gasteiger partial charge in [-0.2, -0.15) is 0 Å². The highest BCUT2D eigenvalue weighted by Gasteiger charge is 2.33. The maximum atomic E-state index is 12.5. The predicted octanol–water partition coefficient (Wildman–Crippen LogP) is 7.25. The van der Waals surface area contributed by atoms with E-state index in [0.29, 0.717) is 5.69 Å². The summed E-state index contributed by atoms with van der Waals surface area (Å²) in [6.45, 7) is 1.69. The first kappa shape index (κ1) is 22.8. The molecule has 2 aliphatic rings. The molecule has 9 heteroatoms. The molecule has 3 aromatic carbocycles. The summed E-state index contributed by atoms with van der Waals surface area (Å²) >= 11 is 1.81. The van der Waals surface area contributed by atoms with Crippen LogP contribution in [0.3, 0.4) is 0 Å². The number of hydrogen-bond acceptors (Lipinski definition) is 5. The second-order valence-electron chi connectivity index (χ2n) is 8.83. The highest BCUT2D eigenvalue weighted by Crippen LogP contribution is 2.49. The summed E-state index contributed by atoms with van der Waals surface area (Å²) in [6.07, 6.45) is -0.823. The van der Waals surface area contributed by atoms with Crippen LogP contribution >= 0.6 is 11.8 Å². The Morgan fingerprint density at radius 1 is 0.917 bits per heavy atom. The van der Waals surface area contributed by atoms with Gasteiger partial charge in [-0.1, -0.05) is 36.0 Å². The zero-order chi connectivity index (χ0) is 24.7. The number of para-hydroxylation sites is 2. The van der Waals surface area contributed by atoms with Gasteiger partial charge in [-0.3, -0.25) is 0 Å². The molecule has 0 amide bonds. The lowest BCUT2D eigenvalue weighted by molar-refractivity contribution is -0.274. The number of ether oxygens (including phenoxy) is 1. The maximum Gasteiger partial charge on any atom is 0.573 e. The summed E-state index contributed by atoms with van der Waals surface area (Å²) in [5.74, 6) is 0.513. The normalized spacial score (nSPS) is 17.5. The molecule has 2 aliphatic heterocycles. The molecule has 1 saturated heterocycles. The van der Waals surface area contributed by atoms with Crippen molar-refractivity contribution in [3.63, 3.8) is 0 Å². The molecule has 0 aliphatic carbocycles. The van der Waals surface area contributed by atoms with Gasteiger partial charge in [0.05, 0.1) is 23.1 Å². The Bertz CT molecular complexity index is 1330. The lowest BCUT2D eigenvalue weighted by atomic mass is 10.0. The Morgan fingerprint density at radius 2 is 1.58 bits per heavy atom. The van der Waals surface area contributed by atoms with E-state index in [1.54, 1.807) is 18.3 Å². The fourth-order valence-electron chi connectivity index (χ4n) is 4.93. The number of halogens is 3. The van der Waals surface area contributed by atoms with Gasteiger partial charge >= 0.3 is 6.36 Å². The molecule has 6 rings (SSSR count). The van der Waals surface area contributed by atoms with Crippen LogP contribution in [0.5, 0.6) is 5.75 Å². The van der Waals surface area contributed by atoms with E-state index in [-0.39, 0.29) is 11.8 Å². The maximum absolute atomic E-state index is 12.5. The molecule has 0 spiro atoms. The number of imidazole rings is 1. The molecule has 5 nitrogen and oxygen atoms in total. The number of nitrogens with zero attached hydrogens (tertiary/aromatic N) is 3. The van der Waals surface area contributed by atoms with Crippen molar-refractivity contribution in [2.45, 2.75) is 35.0 Å². The number of nitrogens with one attached hydrogen (secondary N) is 1. The van der Waals surface area contributed by atoms with Gasteiger partial charge < -0.3 is 19.5 Å². The Kier molecular flexibility index (Phi) is 5.79. The molecule has 3 heterocycles. The van der Waals surface area contributed by atoms with Crippen molar-refractivity contribution in [2.75, 3.05) is 22.9 Å². The number of hydrogen-bond donors (Lipinski definition) is 1. The van der Waals surface area contributed by atoms with Crippen LogP contribution in [0.4, 0.5) is 30.5 Å². The minimum Gasteiger partial charge on any atom is -0.406 e. The van der Waals surface area contributed by atoms with E-state index in [1.165, 1.54) is 33.3 Å². The van der Waals surface area contributed by atoms with Crippen LogP contribution in [0.15, 0.2) is 88.8 Å².